The van der Waals surface area contributed by atoms with Gasteiger partial charge in [0, 0.05) is 5.92 Å². The minimum absolute atomic E-state index is 0.0127. The molecular formula is C37H58O8. The minimum atomic E-state index is -1.56. The molecule has 5 aliphatic carbocycles. The van der Waals surface area contributed by atoms with E-state index in [1.165, 1.54) is 5.57 Å². The van der Waals surface area contributed by atoms with Crippen LogP contribution in [0, 0.1) is 56.2 Å². The Kier molecular flexibility index (Phi) is 7.90. The van der Waals surface area contributed by atoms with Gasteiger partial charge in [-0.25, -0.2) is 0 Å². The number of fused-ring (bicyclic) bond motifs is 7. The lowest BCUT2D eigenvalue weighted by Crippen LogP contribution is -2.66. The number of carbonyl (C=O) groups excluding carboxylic acids is 1. The highest BCUT2D eigenvalue weighted by Gasteiger charge is 2.70. The number of hydrogen-bond acceptors (Lipinski definition) is 7. The Morgan fingerprint density at radius 2 is 1.51 bits per heavy atom. The van der Waals surface area contributed by atoms with Crippen molar-refractivity contribution in [2.24, 2.45) is 56.2 Å². The quantitative estimate of drug-likeness (QED) is 0.276. The molecule has 8 heteroatoms. The van der Waals surface area contributed by atoms with Gasteiger partial charge in [-0.1, -0.05) is 60.1 Å². The molecule has 8 nitrogen and oxygen atoms in total. The fourth-order valence-electron chi connectivity index (χ4n) is 12.7. The number of aliphatic hydroxyl groups excluding tert-OH is 4. The summed E-state index contributed by atoms with van der Waals surface area (Å²) in [5.74, 6) is -0.523. The number of hydrogen-bond donors (Lipinski definition) is 5. The monoisotopic (exact) mass is 630 g/mol. The largest absolute Gasteiger partial charge is 0.481 e. The van der Waals surface area contributed by atoms with Gasteiger partial charge in [-0.3, -0.25) is 9.59 Å². The summed E-state index contributed by atoms with van der Waals surface area (Å²) in [6.07, 6.45) is 4.19. The van der Waals surface area contributed by atoms with Crippen molar-refractivity contribution >= 4 is 11.8 Å². The topological polar surface area (TPSA) is 145 Å². The van der Waals surface area contributed by atoms with E-state index in [1.54, 1.807) is 0 Å². The van der Waals surface area contributed by atoms with Gasteiger partial charge in [0.25, 0.3) is 0 Å². The maximum absolute atomic E-state index is 14.1. The van der Waals surface area contributed by atoms with Crippen LogP contribution in [-0.4, -0.2) is 74.4 Å². The second-order valence-electron chi connectivity index (χ2n) is 18.2. The van der Waals surface area contributed by atoms with Crippen molar-refractivity contribution < 1.29 is 39.9 Å². The molecule has 0 aromatic heterocycles. The summed E-state index contributed by atoms with van der Waals surface area (Å²) >= 11 is 0. The fourth-order valence-corrected chi connectivity index (χ4v) is 12.7. The van der Waals surface area contributed by atoms with Crippen molar-refractivity contribution in [2.45, 2.75) is 143 Å². The average molecular weight is 631 g/mol. The van der Waals surface area contributed by atoms with Crippen LogP contribution in [0.2, 0.25) is 0 Å². The molecule has 0 radical (unpaired) electrons. The zero-order valence-corrected chi connectivity index (χ0v) is 28.5. The van der Waals surface area contributed by atoms with Gasteiger partial charge in [-0.15, -0.1) is 0 Å². The number of Topliss-reactive ketones (excluding diaryl/α,β-unsaturated/α-hetero) is 1. The first-order chi connectivity index (χ1) is 20.8. The molecule has 0 bridgehead atoms. The van der Waals surface area contributed by atoms with E-state index in [4.69, 9.17) is 4.74 Å². The molecule has 0 aromatic rings. The maximum Gasteiger partial charge on any atom is 0.310 e. The molecule has 1 saturated heterocycles. The number of ketones is 1. The second kappa shape index (κ2) is 10.6. The minimum Gasteiger partial charge on any atom is -0.481 e. The van der Waals surface area contributed by atoms with Crippen LogP contribution in [0.5, 0.6) is 0 Å². The van der Waals surface area contributed by atoms with Gasteiger partial charge >= 0.3 is 5.97 Å². The molecule has 45 heavy (non-hydrogen) atoms. The van der Waals surface area contributed by atoms with Gasteiger partial charge in [-0.05, 0) is 109 Å². The van der Waals surface area contributed by atoms with Crippen molar-refractivity contribution in [2.75, 3.05) is 6.61 Å². The third-order valence-corrected chi connectivity index (χ3v) is 15.6. The third-order valence-electron chi connectivity index (χ3n) is 15.6. The Morgan fingerprint density at radius 1 is 0.844 bits per heavy atom. The van der Waals surface area contributed by atoms with Gasteiger partial charge in [0.15, 0.2) is 5.78 Å². The molecule has 254 valence electrons. The summed E-state index contributed by atoms with van der Waals surface area (Å²) in [7, 11) is 0. The summed E-state index contributed by atoms with van der Waals surface area (Å²) in [6, 6.07) is 0. The van der Waals surface area contributed by atoms with E-state index in [0.717, 1.165) is 57.8 Å². The Labute approximate surface area is 269 Å². The predicted octanol–water partition coefficient (Wildman–Crippen LogP) is 4.90. The lowest BCUT2D eigenvalue weighted by molar-refractivity contribution is -0.233. The zero-order chi connectivity index (χ0) is 33.1. The lowest BCUT2D eigenvalue weighted by Gasteiger charge is -2.71. The average Bonchev–Trinajstić information content (AvgIpc) is 2.95. The first kappa shape index (κ1) is 33.6. The van der Waals surface area contributed by atoms with E-state index in [9.17, 15) is 35.1 Å². The molecule has 5 unspecified atom stereocenters. The summed E-state index contributed by atoms with van der Waals surface area (Å²) < 4.78 is 5.75. The number of rotatable bonds is 4. The number of aliphatic hydroxyl groups is 4. The van der Waals surface area contributed by atoms with Crippen LogP contribution in [0.4, 0.5) is 0 Å². The lowest BCUT2D eigenvalue weighted by atomic mass is 9.33. The summed E-state index contributed by atoms with van der Waals surface area (Å²) in [6.45, 7) is 15.8. The van der Waals surface area contributed by atoms with Crippen molar-refractivity contribution in [1.29, 1.82) is 0 Å². The number of allylic oxidation sites excluding steroid dienone is 2. The number of carbonyl (C=O) groups is 2. The van der Waals surface area contributed by atoms with Crippen LogP contribution in [0.25, 0.3) is 0 Å². The van der Waals surface area contributed by atoms with Crippen LogP contribution in [0.15, 0.2) is 11.6 Å². The molecule has 5 N–H and O–H groups in total. The van der Waals surface area contributed by atoms with E-state index < -0.39 is 53.9 Å². The number of carboxylic acids is 1. The Balaban J connectivity index is 1.31. The highest BCUT2D eigenvalue weighted by atomic mass is 16.5. The first-order valence-electron chi connectivity index (χ1n) is 17.6. The van der Waals surface area contributed by atoms with Crippen LogP contribution in [0.1, 0.15) is 113 Å². The van der Waals surface area contributed by atoms with E-state index in [-0.39, 0.29) is 45.2 Å². The van der Waals surface area contributed by atoms with Crippen molar-refractivity contribution in [1.82, 2.24) is 0 Å². The van der Waals surface area contributed by atoms with Gasteiger partial charge in [0.1, 0.15) is 30.5 Å². The van der Waals surface area contributed by atoms with E-state index >= 15 is 0 Å². The molecule has 13 atom stereocenters. The molecule has 0 spiro atoms. The molecule has 5 fully saturated rings. The standard InChI is InChI=1S/C37H58O8/c1-32(2)14-16-37(31(43)44)17-15-35(6)20(22(37)18-32)8-9-25-34(5)12-10-21(33(3,4)24(34)11-13-36(25,35)7)26(39)30-29(42)28(41)27(40)23(19-38)45-30/h8,21-25,27-30,38,40-42H,9-19H2,1-7H3,(H,43,44)/t21-,22?,23?,24?,25?,27-,28?,29-,30-,34-,35+,36+,37-/m0/s1. The van der Waals surface area contributed by atoms with Crippen LogP contribution < -0.4 is 0 Å². The molecule has 0 amide bonds. The van der Waals surface area contributed by atoms with E-state index in [0.29, 0.717) is 12.3 Å². The highest BCUT2D eigenvalue weighted by molar-refractivity contribution is 5.87. The second-order valence-corrected chi connectivity index (χ2v) is 18.2. The van der Waals surface area contributed by atoms with Gasteiger partial charge in [-0.2, -0.15) is 0 Å². The molecular weight excluding hydrogens is 572 g/mol. The fraction of sp³-hybridized carbons (Fsp3) is 0.892. The van der Waals surface area contributed by atoms with Crippen molar-refractivity contribution in [3.8, 4) is 0 Å². The summed E-state index contributed by atoms with van der Waals surface area (Å²) in [5.41, 5.74) is 0.396. The highest BCUT2D eigenvalue weighted by Crippen LogP contribution is 2.76. The predicted molar refractivity (Wildman–Crippen MR) is 169 cm³/mol. The SMILES string of the molecule is CC1(C)CC[C@]2(C(=O)O)CC[C@]3(C)C(=CCC4[C@@]5(C)CC[C@@H](C(=O)[C@@H]6OC(CO)[C@H](O)C(O)[C@@H]6O)C(C)(C)C5CC[C@]43C)C2C1. The molecule has 1 heterocycles. The van der Waals surface area contributed by atoms with Crippen LogP contribution in [-0.2, 0) is 14.3 Å². The number of carboxylic acid groups (broad SMARTS) is 1. The van der Waals surface area contributed by atoms with E-state index in [2.05, 4.69) is 54.5 Å². The Hall–Kier alpha value is -1.32. The molecule has 6 rings (SSSR count). The zero-order valence-electron chi connectivity index (χ0n) is 28.5. The maximum atomic E-state index is 14.1. The van der Waals surface area contributed by atoms with Gasteiger partial charge in [0.2, 0.25) is 0 Å². The van der Waals surface area contributed by atoms with Gasteiger partial charge in [0.05, 0.1) is 12.0 Å². The third kappa shape index (κ3) is 4.47. The number of aliphatic carboxylic acids is 1. The van der Waals surface area contributed by atoms with Crippen molar-refractivity contribution in [3.05, 3.63) is 11.6 Å². The molecule has 1 aliphatic heterocycles. The Morgan fingerprint density at radius 3 is 2.16 bits per heavy atom. The smallest absolute Gasteiger partial charge is 0.310 e. The molecule has 4 saturated carbocycles. The van der Waals surface area contributed by atoms with E-state index in [1.807, 2.05) is 0 Å². The number of ether oxygens (including phenoxy) is 1. The van der Waals surface area contributed by atoms with Gasteiger partial charge < -0.3 is 30.3 Å². The molecule has 6 aliphatic rings. The van der Waals surface area contributed by atoms with Crippen LogP contribution >= 0.6 is 0 Å². The Bertz CT molecular complexity index is 1250. The van der Waals surface area contributed by atoms with Crippen molar-refractivity contribution in [3.63, 3.8) is 0 Å². The summed E-state index contributed by atoms with van der Waals surface area (Å²) in [5, 5.41) is 51.8. The summed E-state index contributed by atoms with van der Waals surface area (Å²) in [4.78, 5) is 27.1. The molecule has 0 aromatic carbocycles. The first-order valence-corrected chi connectivity index (χ1v) is 17.6. The van der Waals surface area contributed by atoms with Crippen LogP contribution in [0.3, 0.4) is 0 Å². The normalized spacial score (nSPS) is 51.9.